The van der Waals surface area contributed by atoms with Crippen molar-refractivity contribution >= 4 is 5.97 Å². The maximum atomic E-state index is 13.1. The quantitative estimate of drug-likeness (QED) is 0.0401. The van der Waals surface area contributed by atoms with Gasteiger partial charge in [0, 0.05) is 26.0 Å². The zero-order chi connectivity index (χ0) is 43.9. The Bertz CT molecular complexity index is 1350. The molecule has 0 amide bonds. The second-order valence-corrected chi connectivity index (χ2v) is 21.5. The summed E-state index contributed by atoms with van der Waals surface area (Å²) in [4.78, 5) is 15.5. The van der Waals surface area contributed by atoms with Gasteiger partial charge in [-0.15, -0.1) is 0 Å². The van der Waals surface area contributed by atoms with Crippen LogP contribution >= 0.6 is 0 Å². The Morgan fingerprint density at radius 2 is 1.48 bits per heavy atom. The molecule has 0 heterocycles. The minimum Gasteiger partial charge on any atom is -0.462 e. The number of hydrogen-bond acceptors (Lipinski definition) is 5. The van der Waals surface area contributed by atoms with Gasteiger partial charge in [-0.25, -0.2) is 0 Å². The summed E-state index contributed by atoms with van der Waals surface area (Å²) in [6.45, 7) is 17.6. The third-order valence-corrected chi connectivity index (χ3v) is 16.2. The smallest absolute Gasteiger partial charge is 0.306 e. The second kappa shape index (κ2) is 28.3. The summed E-state index contributed by atoms with van der Waals surface area (Å²) in [5.41, 5.74) is 3.99. The first-order valence-electron chi connectivity index (χ1n) is 26.4. The minimum atomic E-state index is -0.287. The van der Waals surface area contributed by atoms with Crippen LogP contribution in [0.5, 0.6) is 0 Å². The maximum absolute atomic E-state index is 13.1. The molecule has 0 saturated heterocycles. The number of rotatable bonds is 32. The van der Waals surface area contributed by atoms with Gasteiger partial charge in [0.05, 0.1) is 6.10 Å². The summed E-state index contributed by atoms with van der Waals surface area (Å²) >= 11 is 0. The van der Waals surface area contributed by atoms with Gasteiger partial charge in [-0.05, 0) is 156 Å². The van der Waals surface area contributed by atoms with Crippen LogP contribution in [0.15, 0.2) is 47.6 Å². The lowest BCUT2D eigenvalue weighted by Crippen LogP contribution is -2.46. The highest BCUT2D eigenvalue weighted by molar-refractivity contribution is 5.69. The monoisotopic (exact) mass is 848 g/mol. The Balaban J connectivity index is 1.09. The van der Waals surface area contributed by atoms with E-state index in [4.69, 9.17) is 4.74 Å². The predicted molar refractivity (Wildman–Crippen MR) is 259 cm³/mol. The highest BCUT2D eigenvalue weighted by Crippen LogP contribution is 2.66. The Morgan fingerprint density at radius 1 is 0.770 bits per heavy atom. The first-order valence-corrected chi connectivity index (χ1v) is 26.4. The van der Waals surface area contributed by atoms with Crippen LogP contribution in [0, 0.1) is 40.4 Å². The van der Waals surface area contributed by atoms with Crippen molar-refractivity contribution in [3.05, 3.63) is 47.6 Å². The van der Waals surface area contributed by atoms with Gasteiger partial charge in [-0.3, -0.25) is 4.79 Å². The van der Waals surface area contributed by atoms with E-state index in [0.29, 0.717) is 17.8 Å². The fraction of sp³-hybridized carbons (Fsp3) is 0.839. The van der Waals surface area contributed by atoms with E-state index >= 15 is 0 Å². The highest BCUT2D eigenvalue weighted by Gasteiger charge is 2.57. The number of allylic oxidation sites excluding steroid dienone is 7. The van der Waals surface area contributed by atoms with Crippen LogP contribution < -0.4 is 0 Å². The number of hydrogen-bond donors (Lipinski definition) is 2. The zero-order valence-electron chi connectivity index (χ0n) is 40.8. The molecule has 3 fully saturated rings. The molecule has 4 rings (SSSR count). The lowest BCUT2D eigenvalue weighted by Gasteiger charge is -2.55. The molecule has 3 saturated carbocycles. The van der Waals surface area contributed by atoms with Gasteiger partial charge < -0.3 is 19.8 Å². The fourth-order valence-electron chi connectivity index (χ4n) is 12.4. The van der Waals surface area contributed by atoms with Crippen molar-refractivity contribution in [1.82, 2.24) is 4.90 Å². The van der Waals surface area contributed by atoms with Crippen LogP contribution in [0.4, 0.5) is 0 Å². The molecule has 0 radical (unpaired) electrons. The molecule has 4 aliphatic rings. The third-order valence-electron chi connectivity index (χ3n) is 16.2. The van der Waals surface area contributed by atoms with E-state index in [0.717, 1.165) is 127 Å². The molecule has 4 aliphatic carbocycles. The van der Waals surface area contributed by atoms with Crippen molar-refractivity contribution in [2.75, 3.05) is 26.2 Å². The SMILES string of the molecule is CCCCC/C=C/C/C=C/CCCCCCC(O)CN(CCCCO)CCCCCCC(=O)OC1CCC2(C)C(=CC=C3C2CCC2(C)C3CCC2C(C)CCCC(C)C)C1. The van der Waals surface area contributed by atoms with E-state index in [1.807, 2.05) is 0 Å². The predicted octanol–water partition coefficient (Wildman–Crippen LogP) is 14.7. The summed E-state index contributed by atoms with van der Waals surface area (Å²) < 4.78 is 6.17. The molecule has 61 heavy (non-hydrogen) atoms. The molecule has 0 aliphatic heterocycles. The van der Waals surface area contributed by atoms with Gasteiger partial charge in [0.2, 0.25) is 0 Å². The number of fused-ring (bicyclic) bond motifs is 5. The number of carbonyl (C=O) groups excluding carboxylic acids is 1. The number of ether oxygens (including phenoxy) is 1. The average Bonchev–Trinajstić information content (AvgIpc) is 3.59. The highest BCUT2D eigenvalue weighted by atomic mass is 16.5. The summed E-state index contributed by atoms with van der Waals surface area (Å²) in [5.74, 6) is 3.90. The zero-order valence-corrected chi connectivity index (χ0v) is 40.8. The maximum Gasteiger partial charge on any atom is 0.306 e. The molecule has 5 heteroatoms. The molecule has 0 aromatic heterocycles. The largest absolute Gasteiger partial charge is 0.462 e. The van der Waals surface area contributed by atoms with Crippen molar-refractivity contribution in [2.45, 2.75) is 234 Å². The van der Waals surface area contributed by atoms with Gasteiger partial charge in [0.1, 0.15) is 6.10 Å². The van der Waals surface area contributed by atoms with E-state index < -0.39 is 0 Å². The molecule has 8 unspecified atom stereocenters. The number of esters is 1. The first-order chi connectivity index (χ1) is 29.5. The van der Waals surface area contributed by atoms with E-state index in [-0.39, 0.29) is 30.2 Å². The van der Waals surface area contributed by atoms with E-state index in [2.05, 4.69) is 82.9 Å². The van der Waals surface area contributed by atoms with Crippen LogP contribution in [-0.2, 0) is 9.53 Å². The third kappa shape index (κ3) is 17.0. The van der Waals surface area contributed by atoms with E-state index in [1.54, 1.807) is 5.57 Å². The average molecular weight is 848 g/mol. The molecule has 0 aromatic rings. The number of nitrogens with zero attached hydrogens (tertiary/aromatic N) is 1. The van der Waals surface area contributed by atoms with Crippen molar-refractivity contribution in [2.24, 2.45) is 40.4 Å². The molecular weight excluding hydrogens is 751 g/mol. The van der Waals surface area contributed by atoms with Crippen LogP contribution in [-0.4, -0.2) is 59.5 Å². The number of aliphatic hydroxyl groups excluding tert-OH is 2. The van der Waals surface area contributed by atoms with Gasteiger partial charge in [-0.1, -0.05) is 153 Å². The van der Waals surface area contributed by atoms with Crippen LogP contribution in [0.1, 0.15) is 221 Å². The van der Waals surface area contributed by atoms with E-state index in [9.17, 15) is 15.0 Å². The molecule has 2 N–H and O–H groups in total. The number of unbranched alkanes of at least 4 members (excludes halogenated alkanes) is 11. The van der Waals surface area contributed by atoms with Crippen molar-refractivity contribution in [3.8, 4) is 0 Å². The van der Waals surface area contributed by atoms with Gasteiger partial charge in [0.25, 0.3) is 0 Å². The van der Waals surface area contributed by atoms with Crippen LogP contribution in [0.3, 0.4) is 0 Å². The lowest BCUT2D eigenvalue weighted by atomic mass is 9.50. The lowest BCUT2D eigenvalue weighted by molar-refractivity contribution is -0.151. The normalized spacial score (nSPS) is 27.3. The van der Waals surface area contributed by atoms with Crippen LogP contribution in [0.2, 0.25) is 0 Å². The topological polar surface area (TPSA) is 70.0 Å². The molecular formula is C56H97NO4. The second-order valence-electron chi connectivity index (χ2n) is 21.5. The summed E-state index contributed by atoms with van der Waals surface area (Å²) in [6.07, 6.45) is 46.0. The standard InChI is InChI=1S/C56H97NO4/c1-7-8-9-10-11-12-13-14-15-16-17-18-19-22-30-48(59)44-57(41-25-26-42-58)40-24-21-20-23-31-54(60)61-49-36-38-55(5)47(43-49)32-33-50-52-35-34-51(46(4)29-27-28-45(2)3)56(52,6)39-37-53(50)55/h11-12,14-15,32-33,45-46,48-49,51-53,58-59H,7-10,13,16-31,34-44H2,1-6H3/b12-11+,15-14+. The summed E-state index contributed by atoms with van der Waals surface area (Å²) in [5, 5.41) is 20.2. The van der Waals surface area contributed by atoms with Crippen molar-refractivity contribution < 1.29 is 19.7 Å². The summed E-state index contributed by atoms with van der Waals surface area (Å²) in [6, 6.07) is 0. The minimum absolute atomic E-state index is 0.0136. The molecule has 0 bridgehead atoms. The van der Waals surface area contributed by atoms with Gasteiger partial charge in [0.15, 0.2) is 0 Å². The Kier molecular flexibility index (Phi) is 24.1. The van der Waals surface area contributed by atoms with Crippen molar-refractivity contribution in [3.63, 3.8) is 0 Å². The Hall–Kier alpha value is -1.69. The van der Waals surface area contributed by atoms with Gasteiger partial charge >= 0.3 is 5.97 Å². The molecule has 8 atom stereocenters. The Morgan fingerprint density at radius 3 is 2.21 bits per heavy atom. The molecule has 5 nitrogen and oxygen atoms in total. The molecule has 0 aromatic carbocycles. The van der Waals surface area contributed by atoms with Crippen LogP contribution in [0.25, 0.3) is 0 Å². The van der Waals surface area contributed by atoms with Gasteiger partial charge in [-0.2, -0.15) is 0 Å². The van der Waals surface area contributed by atoms with Crippen molar-refractivity contribution in [1.29, 1.82) is 0 Å². The van der Waals surface area contributed by atoms with E-state index in [1.165, 1.54) is 95.5 Å². The number of aliphatic hydroxyl groups is 2. The summed E-state index contributed by atoms with van der Waals surface area (Å²) in [7, 11) is 0. The first kappa shape index (κ1) is 51.9. The fourth-order valence-corrected chi connectivity index (χ4v) is 12.4. The Labute approximate surface area is 377 Å². The number of carbonyl (C=O) groups is 1. The molecule has 0 spiro atoms. The molecule has 350 valence electrons.